The molecule has 2 aromatic heterocycles. The Labute approximate surface area is 355 Å². The fourth-order valence-electron chi connectivity index (χ4n) is 9.16. The SMILES string of the molecule is CCCCCCc1cc(C)cc(N(c2ccc(N(c3cc(C)cc(CCCCCC)c3)c3cccc4c3oc3ccccc34)cc2)c2cccc3c2oc2ccccc23)c1. The van der Waals surface area contributed by atoms with Crippen LogP contribution in [0.1, 0.15) is 87.5 Å². The predicted octanol–water partition coefficient (Wildman–Crippen LogP) is 17.3. The van der Waals surface area contributed by atoms with Gasteiger partial charge in [-0.1, -0.05) is 125 Å². The van der Waals surface area contributed by atoms with E-state index in [1.165, 1.54) is 73.6 Å². The maximum atomic E-state index is 6.71. The largest absolute Gasteiger partial charge is 0.454 e. The van der Waals surface area contributed by atoms with Crippen LogP contribution in [0.15, 0.2) is 154 Å². The van der Waals surface area contributed by atoms with E-state index in [0.717, 1.165) is 90.8 Å². The van der Waals surface area contributed by atoms with Crippen molar-refractivity contribution in [3.63, 3.8) is 0 Å². The molecule has 0 atom stereocenters. The van der Waals surface area contributed by atoms with E-state index in [0.29, 0.717) is 0 Å². The molecule has 0 fully saturated rings. The summed E-state index contributed by atoms with van der Waals surface area (Å²) in [5, 5.41) is 4.49. The minimum absolute atomic E-state index is 0.887. The Hall–Kier alpha value is -6.26. The van der Waals surface area contributed by atoms with Crippen molar-refractivity contribution in [3.8, 4) is 0 Å². The number of hydrogen-bond acceptors (Lipinski definition) is 4. The number of para-hydroxylation sites is 4. The van der Waals surface area contributed by atoms with Gasteiger partial charge in [-0.25, -0.2) is 0 Å². The van der Waals surface area contributed by atoms with Crippen LogP contribution in [-0.4, -0.2) is 0 Å². The number of fused-ring (bicyclic) bond motifs is 6. The van der Waals surface area contributed by atoms with Gasteiger partial charge in [0.25, 0.3) is 0 Å². The summed E-state index contributed by atoms with van der Waals surface area (Å²) in [6.07, 6.45) is 12.0. The molecular formula is C56H56N2O2. The molecule has 4 nitrogen and oxygen atoms in total. The number of unbranched alkanes of at least 4 members (excludes halogenated alkanes) is 6. The first-order valence-electron chi connectivity index (χ1n) is 22.2. The first-order valence-corrected chi connectivity index (χ1v) is 22.2. The van der Waals surface area contributed by atoms with Gasteiger partial charge in [0.15, 0.2) is 11.2 Å². The summed E-state index contributed by atoms with van der Waals surface area (Å²) < 4.78 is 13.4. The van der Waals surface area contributed by atoms with Crippen LogP contribution in [-0.2, 0) is 12.8 Å². The molecule has 0 spiro atoms. The molecule has 0 saturated heterocycles. The number of hydrogen-bond donors (Lipinski definition) is 0. The standard InChI is InChI=1S/C56H56N2O2/c1-5-7-9-11-19-41-33-39(3)35-45(37-41)57(51-25-17-23-49-47-21-13-15-27-53(47)59-55(49)51)43-29-31-44(32-30-43)58(46-36-40(4)34-42(38-46)20-12-10-8-6-2)52-26-18-24-50-48-22-14-16-28-54(48)60-56(50)52/h13-18,21-38H,5-12,19-20H2,1-4H3. The van der Waals surface area contributed by atoms with Gasteiger partial charge in [-0.3, -0.25) is 0 Å². The highest BCUT2D eigenvalue weighted by Gasteiger charge is 2.23. The van der Waals surface area contributed by atoms with Gasteiger partial charge in [-0.15, -0.1) is 0 Å². The molecule has 0 radical (unpaired) electrons. The van der Waals surface area contributed by atoms with Crippen molar-refractivity contribution in [1.82, 2.24) is 0 Å². The van der Waals surface area contributed by atoms with E-state index >= 15 is 0 Å². The van der Waals surface area contributed by atoms with Gasteiger partial charge >= 0.3 is 0 Å². The highest BCUT2D eigenvalue weighted by atomic mass is 16.3. The van der Waals surface area contributed by atoms with E-state index in [1.54, 1.807) is 0 Å². The minimum atomic E-state index is 0.887. The van der Waals surface area contributed by atoms with Crippen LogP contribution in [0.5, 0.6) is 0 Å². The quantitative estimate of drug-likeness (QED) is 0.0913. The lowest BCUT2D eigenvalue weighted by Gasteiger charge is -2.29. The van der Waals surface area contributed by atoms with E-state index in [-0.39, 0.29) is 0 Å². The molecule has 2 heterocycles. The third-order valence-corrected chi connectivity index (χ3v) is 12.0. The molecule has 0 aliphatic heterocycles. The normalized spacial score (nSPS) is 11.7. The average Bonchev–Trinajstić information content (AvgIpc) is 3.84. The van der Waals surface area contributed by atoms with E-state index in [9.17, 15) is 0 Å². The molecule has 60 heavy (non-hydrogen) atoms. The van der Waals surface area contributed by atoms with Crippen molar-refractivity contribution in [1.29, 1.82) is 0 Å². The van der Waals surface area contributed by atoms with Gasteiger partial charge in [0, 0.05) is 44.3 Å². The first-order chi connectivity index (χ1) is 29.5. The Bertz CT molecular complexity index is 2700. The summed E-state index contributed by atoms with van der Waals surface area (Å²) in [6, 6.07) is 53.0. The van der Waals surface area contributed by atoms with Gasteiger partial charge < -0.3 is 18.6 Å². The summed E-state index contributed by atoms with van der Waals surface area (Å²) in [5.41, 5.74) is 15.3. The number of rotatable bonds is 16. The van der Waals surface area contributed by atoms with E-state index in [2.05, 4.69) is 171 Å². The van der Waals surface area contributed by atoms with Crippen LogP contribution >= 0.6 is 0 Å². The lowest BCUT2D eigenvalue weighted by Crippen LogP contribution is -2.13. The second-order valence-electron chi connectivity index (χ2n) is 16.7. The van der Waals surface area contributed by atoms with Gasteiger partial charge in [-0.05, 0) is 135 Å². The zero-order valence-corrected chi connectivity index (χ0v) is 35.6. The zero-order valence-electron chi connectivity index (χ0n) is 35.6. The number of nitrogens with zero attached hydrogens (tertiary/aromatic N) is 2. The third-order valence-electron chi connectivity index (χ3n) is 12.0. The van der Waals surface area contributed by atoms with Crippen LogP contribution in [0.2, 0.25) is 0 Å². The molecule has 7 aromatic carbocycles. The lowest BCUT2D eigenvalue weighted by molar-refractivity contribution is 0.666. The molecular weight excluding hydrogens is 733 g/mol. The second kappa shape index (κ2) is 17.5. The smallest absolute Gasteiger partial charge is 0.159 e. The Morgan fingerprint density at radius 1 is 0.383 bits per heavy atom. The van der Waals surface area contributed by atoms with Gasteiger partial charge in [0.2, 0.25) is 0 Å². The molecule has 9 rings (SSSR count). The van der Waals surface area contributed by atoms with Crippen LogP contribution in [0.3, 0.4) is 0 Å². The molecule has 0 aliphatic rings. The zero-order chi connectivity index (χ0) is 41.0. The molecule has 0 saturated carbocycles. The monoisotopic (exact) mass is 788 g/mol. The topological polar surface area (TPSA) is 32.8 Å². The highest BCUT2D eigenvalue weighted by Crippen LogP contribution is 2.46. The first kappa shape index (κ1) is 39.2. The van der Waals surface area contributed by atoms with Crippen molar-refractivity contribution in [2.24, 2.45) is 0 Å². The van der Waals surface area contributed by atoms with Crippen LogP contribution in [0, 0.1) is 13.8 Å². The molecule has 0 amide bonds. The Kier molecular flexibility index (Phi) is 11.5. The van der Waals surface area contributed by atoms with Crippen molar-refractivity contribution in [2.75, 3.05) is 9.80 Å². The van der Waals surface area contributed by atoms with Crippen LogP contribution in [0.4, 0.5) is 34.1 Å². The summed E-state index contributed by atoms with van der Waals surface area (Å²) in [7, 11) is 0. The number of anilines is 6. The van der Waals surface area contributed by atoms with E-state index in [4.69, 9.17) is 8.83 Å². The van der Waals surface area contributed by atoms with E-state index in [1.807, 2.05) is 12.1 Å². The molecule has 9 aromatic rings. The maximum absolute atomic E-state index is 6.71. The molecule has 302 valence electrons. The number of benzene rings is 7. The predicted molar refractivity (Wildman–Crippen MR) is 256 cm³/mol. The Morgan fingerprint density at radius 2 is 0.800 bits per heavy atom. The van der Waals surface area contributed by atoms with Gasteiger partial charge in [-0.2, -0.15) is 0 Å². The van der Waals surface area contributed by atoms with Gasteiger partial charge in [0.1, 0.15) is 11.2 Å². The summed E-state index contributed by atoms with van der Waals surface area (Å²) in [5.74, 6) is 0. The average molecular weight is 789 g/mol. The van der Waals surface area contributed by atoms with Crippen molar-refractivity contribution in [3.05, 3.63) is 168 Å². The molecule has 0 N–H and O–H groups in total. The number of aryl methyl sites for hydroxylation is 4. The molecule has 0 aliphatic carbocycles. The minimum Gasteiger partial charge on any atom is -0.454 e. The van der Waals surface area contributed by atoms with E-state index < -0.39 is 0 Å². The molecule has 0 bridgehead atoms. The van der Waals surface area contributed by atoms with Crippen LogP contribution < -0.4 is 9.80 Å². The Balaban J connectivity index is 1.19. The summed E-state index contributed by atoms with van der Waals surface area (Å²) in [6.45, 7) is 8.99. The van der Waals surface area contributed by atoms with Crippen LogP contribution in [0.25, 0.3) is 43.9 Å². The van der Waals surface area contributed by atoms with Crippen molar-refractivity contribution >= 4 is 78.0 Å². The number of furan rings is 2. The second-order valence-corrected chi connectivity index (χ2v) is 16.7. The lowest BCUT2D eigenvalue weighted by atomic mass is 10.0. The van der Waals surface area contributed by atoms with Crippen molar-refractivity contribution in [2.45, 2.75) is 91.9 Å². The van der Waals surface area contributed by atoms with Gasteiger partial charge in [0.05, 0.1) is 11.4 Å². The summed E-state index contributed by atoms with van der Waals surface area (Å²) >= 11 is 0. The Morgan fingerprint density at radius 3 is 1.23 bits per heavy atom. The fraction of sp³-hybridized carbons (Fsp3) is 0.250. The molecule has 4 heteroatoms. The van der Waals surface area contributed by atoms with Crippen molar-refractivity contribution < 1.29 is 8.83 Å². The maximum Gasteiger partial charge on any atom is 0.159 e. The molecule has 0 unspecified atom stereocenters. The fourth-order valence-corrected chi connectivity index (χ4v) is 9.16. The summed E-state index contributed by atoms with van der Waals surface area (Å²) in [4.78, 5) is 4.78. The third kappa shape index (κ3) is 7.91. The highest BCUT2D eigenvalue weighted by molar-refractivity contribution is 6.11.